The van der Waals surface area contributed by atoms with Crippen LogP contribution in [0, 0.1) is 5.92 Å². The number of hydrogen-bond acceptors (Lipinski definition) is 4. The molecule has 0 spiro atoms. The van der Waals surface area contributed by atoms with Crippen molar-refractivity contribution in [2.24, 2.45) is 11.7 Å². The van der Waals surface area contributed by atoms with E-state index in [0.717, 1.165) is 31.2 Å². The van der Waals surface area contributed by atoms with Crippen molar-refractivity contribution in [3.63, 3.8) is 0 Å². The van der Waals surface area contributed by atoms with E-state index in [1.54, 1.807) is 21.6 Å². The van der Waals surface area contributed by atoms with Crippen molar-refractivity contribution in [1.82, 2.24) is 9.80 Å². The number of amides is 3. The van der Waals surface area contributed by atoms with Crippen molar-refractivity contribution in [3.05, 3.63) is 39.8 Å². The van der Waals surface area contributed by atoms with Gasteiger partial charge in [-0.15, -0.1) is 11.8 Å². The van der Waals surface area contributed by atoms with Crippen LogP contribution >= 0.6 is 23.4 Å². The average Bonchev–Trinajstić information content (AvgIpc) is 2.76. The van der Waals surface area contributed by atoms with E-state index in [0.29, 0.717) is 41.1 Å². The Morgan fingerprint density at radius 1 is 1.16 bits per heavy atom. The van der Waals surface area contributed by atoms with Crippen LogP contribution in [0.3, 0.4) is 0 Å². The van der Waals surface area contributed by atoms with Gasteiger partial charge in [-0.2, -0.15) is 0 Å². The summed E-state index contributed by atoms with van der Waals surface area (Å²) in [6.45, 7) is 1.12. The quantitative estimate of drug-likeness (QED) is 0.697. The van der Waals surface area contributed by atoms with Crippen LogP contribution in [-0.2, 0) is 14.4 Å². The lowest BCUT2D eigenvalue weighted by atomic mass is 9.92. The third-order valence-electron chi connectivity index (χ3n) is 6.52. The highest BCUT2D eigenvalue weighted by Crippen LogP contribution is 2.42. The van der Waals surface area contributed by atoms with Crippen LogP contribution in [0.1, 0.15) is 44.1 Å². The van der Waals surface area contributed by atoms with Gasteiger partial charge >= 0.3 is 0 Å². The Balaban J connectivity index is 1.51. The second-order valence-electron chi connectivity index (χ2n) is 8.56. The van der Waals surface area contributed by atoms with E-state index in [4.69, 9.17) is 17.3 Å². The molecule has 6 nitrogen and oxygen atoms in total. The monoisotopic (exact) mass is 461 g/mol. The Bertz CT molecular complexity index is 898. The first-order valence-electron chi connectivity index (χ1n) is 10.9. The maximum atomic E-state index is 13.4. The number of thioether (sulfide) groups is 1. The normalized spacial score (nSPS) is 26.1. The van der Waals surface area contributed by atoms with Gasteiger partial charge in [-0.05, 0) is 49.5 Å². The second-order valence-corrected chi connectivity index (χ2v) is 10.3. The summed E-state index contributed by atoms with van der Waals surface area (Å²) in [5.74, 6) is -0.578. The summed E-state index contributed by atoms with van der Waals surface area (Å²) in [5.41, 5.74) is 6.29. The Morgan fingerprint density at radius 2 is 1.90 bits per heavy atom. The lowest BCUT2D eigenvalue weighted by Crippen LogP contribution is -2.55. The van der Waals surface area contributed by atoms with Crippen LogP contribution in [0.25, 0.3) is 6.08 Å². The summed E-state index contributed by atoms with van der Waals surface area (Å²) >= 11 is 7.76. The van der Waals surface area contributed by atoms with Crippen LogP contribution in [0.2, 0.25) is 5.02 Å². The Labute approximate surface area is 192 Å². The number of hydrogen-bond donors (Lipinski definition) is 1. The Morgan fingerprint density at radius 3 is 2.61 bits per heavy atom. The molecule has 8 heteroatoms. The number of nitrogens with two attached hydrogens (primary N) is 1. The highest BCUT2D eigenvalue weighted by Gasteiger charge is 2.42. The number of primary amides is 1. The molecule has 166 valence electrons. The number of nitrogens with zero attached hydrogens (tertiary/aromatic N) is 2. The molecule has 1 aromatic rings. The van der Waals surface area contributed by atoms with Crippen molar-refractivity contribution in [2.45, 2.75) is 49.8 Å². The Hall–Kier alpha value is -1.99. The SMILES string of the molecule is NC(=O)C1CCN(C(=O)CN2C(=O)/C(=C/c3cccc(Cl)c3)SC3CCCCC32)CC1. The molecule has 2 aliphatic heterocycles. The number of carbonyl (C=O) groups excluding carboxylic acids is 3. The molecule has 0 bridgehead atoms. The molecule has 31 heavy (non-hydrogen) atoms. The maximum absolute atomic E-state index is 13.4. The molecule has 2 N–H and O–H groups in total. The van der Waals surface area contributed by atoms with Crippen LogP contribution in [0.4, 0.5) is 0 Å². The minimum Gasteiger partial charge on any atom is -0.369 e. The fourth-order valence-corrected chi connectivity index (χ4v) is 6.44. The van der Waals surface area contributed by atoms with Crippen LogP contribution in [-0.4, -0.2) is 58.4 Å². The van der Waals surface area contributed by atoms with Crippen LogP contribution in [0.5, 0.6) is 0 Å². The number of piperidine rings is 1. The van der Waals surface area contributed by atoms with Crippen molar-refractivity contribution in [3.8, 4) is 0 Å². The third-order valence-corrected chi connectivity index (χ3v) is 8.15. The summed E-state index contributed by atoms with van der Waals surface area (Å²) in [6.07, 6.45) is 7.29. The standard InChI is InChI=1S/C23H28ClN3O3S/c24-17-5-3-4-15(12-17)13-20-23(30)27(18-6-1-2-7-19(18)31-20)14-21(28)26-10-8-16(9-11-26)22(25)29/h3-5,12-13,16,18-19H,1-2,6-11,14H2,(H2,25,29)/b20-13-. The molecule has 0 radical (unpaired) electrons. The zero-order chi connectivity index (χ0) is 22.0. The van der Waals surface area contributed by atoms with E-state index < -0.39 is 0 Å². The van der Waals surface area contributed by atoms with Gasteiger partial charge in [-0.1, -0.05) is 36.6 Å². The average molecular weight is 462 g/mol. The highest BCUT2D eigenvalue weighted by atomic mass is 35.5. The molecule has 3 aliphatic rings. The van der Waals surface area contributed by atoms with Gasteiger partial charge in [-0.3, -0.25) is 14.4 Å². The fraction of sp³-hybridized carbons (Fsp3) is 0.522. The Kier molecular flexibility index (Phi) is 6.92. The maximum Gasteiger partial charge on any atom is 0.261 e. The van der Waals surface area contributed by atoms with Gasteiger partial charge in [0.25, 0.3) is 5.91 Å². The van der Waals surface area contributed by atoms with E-state index in [-0.39, 0.29) is 36.2 Å². The minimum atomic E-state index is -0.295. The molecule has 2 saturated heterocycles. The summed E-state index contributed by atoms with van der Waals surface area (Å²) in [7, 11) is 0. The molecule has 3 fully saturated rings. The molecule has 3 amide bonds. The van der Waals surface area contributed by atoms with Crippen molar-refractivity contribution in [2.75, 3.05) is 19.6 Å². The lowest BCUT2D eigenvalue weighted by Gasteiger charge is -2.44. The summed E-state index contributed by atoms with van der Waals surface area (Å²) in [4.78, 5) is 42.1. The van der Waals surface area contributed by atoms with Gasteiger partial charge in [0, 0.05) is 35.3 Å². The fourth-order valence-electron chi connectivity index (χ4n) is 4.77. The third kappa shape index (κ3) is 5.09. The van der Waals surface area contributed by atoms with E-state index in [9.17, 15) is 14.4 Å². The molecular weight excluding hydrogens is 434 g/mol. The predicted molar refractivity (Wildman–Crippen MR) is 123 cm³/mol. The number of carbonyl (C=O) groups is 3. The number of fused-ring (bicyclic) bond motifs is 1. The first-order chi connectivity index (χ1) is 14.9. The van der Waals surface area contributed by atoms with E-state index >= 15 is 0 Å². The number of rotatable bonds is 4. The van der Waals surface area contributed by atoms with Gasteiger partial charge in [0.15, 0.2) is 0 Å². The molecular formula is C23H28ClN3O3S. The first kappa shape index (κ1) is 22.2. The molecule has 2 heterocycles. The van der Waals surface area contributed by atoms with E-state index in [1.165, 1.54) is 0 Å². The topological polar surface area (TPSA) is 83.7 Å². The predicted octanol–water partition coefficient (Wildman–Crippen LogP) is 3.29. The number of likely N-dealkylation sites (tertiary alicyclic amines) is 1. The lowest BCUT2D eigenvalue weighted by molar-refractivity contribution is -0.142. The second kappa shape index (κ2) is 9.65. The van der Waals surface area contributed by atoms with Crippen molar-refractivity contribution >= 4 is 47.2 Å². The van der Waals surface area contributed by atoms with Crippen LogP contribution in [0.15, 0.2) is 29.2 Å². The number of halogens is 1. The summed E-state index contributed by atoms with van der Waals surface area (Å²) in [6, 6.07) is 7.54. The molecule has 4 rings (SSSR count). The van der Waals surface area contributed by atoms with E-state index in [2.05, 4.69) is 0 Å². The summed E-state index contributed by atoms with van der Waals surface area (Å²) in [5, 5.41) is 0.940. The van der Waals surface area contributed by atoms with Gasteiger partial charge in [-0.25, -0.2) is 0 Å². The van der Waals surface area contributed by atoms with Crippen LogP contribution < -0.4 is 5.73 Å². The first-order valence-corrected chi connectivity index (χ1v) is 12.2. The molecule has 1 saturated carbocycles. The smallest absolute Gasteiger partial charge is 0.261 e. The van der Waals surface area contributed by atoms with Gasteiger partial charge in [0.05, 0.1) is 4.91 Å². The zero-order valence-corrected chi connectivity index (χ0v) is 19.0. The van der Waals surface area contributed by atoms with Crippen molar-refractivity contribution < 1.29 is 14.4 Å². The molecule has 2 unspecified atom stereocenters. The zero-order valence-electron chi connectivity index (χ0n) is 17.5. The highest BCUT2D eigenvalue weighted by molar-refractivity contribution is 8.04. The largest absolute Gasteiger partial charge is 0.369 e. The van der Waals surface area contributed by atoms with Gasteiger partial charge in [0.2, 0.25) is 11.8 Å². The molecule has 1 aliphatic carbocycles. The van der Waals surface area contributed by atoms with E-state index in [1.807, 2.05) is 30.3 Å². The molecule has 2 atom stereocenters. The number of benzene rings is 1. The summed E-state index contributed by atoms with van der Waals surface area (Å²) < 4.78 is 0. The molecule has 0 aromatic heterocycles. The minimum absolute atomic E-state index is 0.0467. The molecule has 1 aromatic carbocycles. The van der Waals surface area contributed by atoms with Crippen molar-refractivity contribution in [1.29, 1.82) is 0 Å². The van der Waals surface area contributed by atoms with Gasteiger partial charge < -0.3 is 15.5 Å². The van der Waals surface area contributed by atoms with Gasteiger partial charge in [0.1, 0.15) is 6.54 Å².